The highest BCUT2D eigenvalue weighted by atomic mass is 32.2. The molecule has 0 fully saturated rings. The molecule has 3 N–H and O–H groups in total. The zero-order valence-corrected chi connectivity index (χ0v) is 17.8. The van der Waals surface area contributed by atoms with Crippen LogP contribution in [0.25, 0.3) is 0 Å². The van der Waals surface area contributed by atoms with E-state index in [1.54, 1.807) is 0 Å². The average molecular weight is 410 g/mol. The molecular weight excluding hydrogens is 382 g/mol. The summed E-state index contributed by atoms with van der Waals surface area (Å²) in [5, 5.41) is 12.0. The second-order valence-electron chi connectivity index (χ2n) is 7.94. The fourth-order valence-electron chi connectivity index (χ4n) is 3.04. The first-order valence-electron chi connectivity index (χ1n) is 9.56. The Morgan fingerprint density at radius 2 is 1.69 bits per heavy atom. The number of benzene rings is 2. The molecule has 0 saturated carbocycles. The van der Waals surface area contributed by atoms with Crippen molar-refractivity contribution >= 4 is 17.7 Å². The van der Waals surface area contributed by atoms with Crippen LogP contribution in [0.3, 0.4) is 0 Å². The highest BCUT2D eigenvalue weighted by Gasteiger charge is 2.23. The molecule has 1 heterocycles. The summed E-state index contributed by atoms with van der Waals surface area (Å²) in [5.41, 5.74) is 2.04. The number of amides is 1. The van der Waals surface area contributed by atoms with Crippen molar-refractivity contribution in [3.63, 3.8) is 0 Å². The molecule has 29 heavy (non-hydrogen) atoms. The van der Waals surface area contributed by atoms with E-state index < -0.39 is 0 Å². The first kappa shape index (κ1) is 20.9. The summed E-state index contributed by atoms with van der Waals surface area (Å²) < 4.78 is 1.47. The molecule has 1 aromatic heterocycles. The van der Waals surface area contributed by atoms with Crippen LogP contribution in [0.5, 0.6) is 0 Å². The Bertz CT molecular complexity index is 935. The van der Waals surface area contributed by atoms with Crippen molar-refractivity contribution in [1.82, 2.24) is 20.2 Å². The molecule has 1 atom stereocenters. The molecular formula is C22H27N5OS. The summed E-state index contributed by atoms with van der Waals surface area (Å²) in [6, 6.07) is 20.1. The Hall–Kier alpha value is -2.80. The molecule has 0 aliphatic rings. The largest absolute Gasteiger partial charge is 0.348 e. The molecule has 0 radical (unpaired) electrons. The average Bonchev–Trinajstić information content (AvgIpc) is 3.08. The summed E-state index contributed by atoms with van der Waals surface area (Å²) in [4.78, 5) is 12.7. The van der Waals surface area contributed by atoms with Gasteiger partial charge in [-0.15, -0.1) is 10.2 Å². The Morgan fingerprint density at radius 1 is 1.07 bits per heavy atom. The van der Waals surface area contributed by atoms with Gasteiger partial charge in [-0.3, -0.25) is 4.79 Å². The fraction of sp³-hybridized carbons (Fsp3) is 0.318. The van der Waals surface area contributed by atoms with Crippen LogP contribution in [0.1, 0.15) is 43.8 Å². The molecule has 0 aliphatic heterocycles. The molecule has 0 saturated heterocycles. The predicted octanol–water partition coefficient (Wildman–Crippen LogP) is 3.48. The van der Waals surface area contributed by atoms with Crippen molar-refractivity contribution in [2.24, 2.45) is 0 Å². The number of hydrogen-bond donors (Lipinski definition) is 2. The molecule has 0 bridgehead atoms. The van der Waals surface area contributed by atoms with Crippen LogP contribution in [0.15, 0.2) is 65.8 Å². The van der Waals surface area contributed by atoms with Gasteiger partial charge in [0.25, 0.3) is 0 Å². The second kappa shape index (κ2) is 9.13. The van der Waals surface area contributed by atoms with Gasteiger partial charge in [-0.05, 0) is 17.5 Å². The Kier molecular flexibility index (Phi) is 6.59. The lowest BCUT2D eigenvalue weighted by Gasteiger charge is -2.19. The van der Waals surface area contributed by atoms with Gasteiger partial charge in [0.2, 0.25) is 11.1 Å². The van der Waals surface area contributed by atoms with E-state index >= 15 is 0 Å². The summed E-state index contributed by atoms with van der Waals surface area (Å²) >= 11 is 1.29. The molecule has 1 amide bonds. The number of nitrogens with two attached hydrogens (primary N) is 1. The zero-order chi connectivity index (χ0) is 20.9. The number of nitrogens with one attached hydrogen (secondary N) is 1. The molecule has 0 aliphatic carbocycles. The summed E-state index contributed by atoms with van der Waals surface area (Å²) in [6.07, 6.45) is 0.725. The highest BCUT2D eigenvalue weighted by molar-refractivity contribution is 7.99. The van der Waals surface area contributed by atoms with Crippen molar-refractivity contribution in [2.75, 3.05) is 11.6 Å². The van der Waals surface area contributed by atoms with Gasteiger partial charge in [-0.2, -0.15) is 0 Å². The molecule has 3 rings (SSSR count). The van der Waals surface area contributed by atoms with Crippen LogP contribution in [0.4, 0.5) is 0 Å². The van der Waals surface area contributed by atoms with Gasteiger partial charge in [-0.25, -0.2) is 4.68 Å². The Balaban J connectivity index is 1.67. The lowest BCUT2D eigenvalue weighted by molar-refractivity contribution is -0.119. The van der Waals surface area contributed by atoms with Crippen molar-refractivity contribution in [3.05, 3.63) is 77.6 Å². The van der Waals surface area contributed by atoms with Crippen LogP contribution in [0, 0.1) is 0 Å². The minimum Gasteiger partial charge on any atom is -0.348 e. The van der Waals surface area contributed by atoms with E-state index in [1.165, 1.54) is 22.0 Å². The smallest absolute Gasteiger partial charge is 0.230 e. The third-order valence-corrected chi connectivity index (χ3v) is 5.43. The molecule has 7 heteroatoms. The van der Waals surface area contributed by atoms with Crippen molar-refractivity contribution in [2.45, 2.75) is 43.8 Å². The molecule has 1 unspecified atom stereocenters. The number of aromatic nitrogens is 3. The maximum atomic E-state index is 12.7. The van der Waals surface area contributed by atoms with Crippen LogP contribution < -0.4 is 11.2 Å². The molecule has 2 aromatic carbocycles. The Labute approximate surface area is 175 Å². The summed E-state index contributed by atoms with van der Waals surface area (Å²) in [6.45, 7) is 6.07. The third-order valence-electron chi connectivity index (χ3n) is 4.49. The van der Waals surface area contributed by atoms with Gasteiger partial charge in [0.15, 0.2) is 5.82 Å². The van der Waals surface area contributed by atoms with Crippen molar-refractivity contribution in [1.29, 1.82) is 0 Å². The molecule has 6 nitrogen and oxygen atoms in total. The molecule has 152 valence electrons. The molecule has 3 aromatic rings. The van der Waals surface area contributed by atoms with Crippen LogP contribution in [-0.2, 0) is 16.6 Å². The van der Waals surface area contributed by atoms with E-state index in [1.807, 2.05) is 69.3 Å². The highest BCUT2D eigenvalue weighted by Crippen LogP contribution is 2.24. The fourth-order valence-corrected chi connectivity index (χ4v) is 3.71. The lowest BCUT2D eigenvalue weighted by Crippen LogP contribution is -2.31. The second-order valence-corrected chi connectivity index (χ2v) is 8.88. The number of nitrogen functional groups attached to an aromatic ring is 1. The Morgan fingerprint density at radius 3 is 2.28 bits per heavy atom. The monoisotopic (exact) mass is 409 g/mol. The van der Waals surface area contributed by atoms with Gasteiger partial charge in [0.05, 0.1) is 11.8 Å². The van der Waals surface area contributed by atoms with E-state index in [-0.39, 0.29) is 23.1 Å². The number of thioether (sulfide) groups is 1. The number of carbonyl (C=O) groups is 1. The maximum Gasteiger partial charge on any atom is 0.230 e. The minimum atomic E-state index is -0.211. The first-order chi connectivity index (χ1) is 13.8. The predicted molar refractivity (Wildman–Crippen MR) is 117 cm³/mol. The quantitative estimate of drug-likeness (QED) is 0.461. The van der Waals surface area contributed by atoms with E-state index in [0.29, 0.717) is 11.0 Å². The van der Waals surface area contributed by atoms with Crippen molar-refractivity contribution in [3.8, 4) is 0 Å². The normalized spacial score (nSPS) is 12.5. The first-order valence-corrected chi connectivity index (χ1v) is 10.5. The number of rotatable bonds is 7. The van der Waals surface area contributed by atoms with Gasteiger partial charge in [0, 0.05) is 5.41 Å². The minimum absolute atomic E-state index is 0.0694. The number of nitrogens with zero attached hydrogens (tertiary/aromatic N) is 3. The number of hydrogen-bond acceptors (Lipinski definition) is 5. The van der Waals surface area contributed by atoms with E-state index in [2.05, 4.69) is 27.6 Å². The lowest BCUT2D eigenvalue weighted by atomic mass is 9.96. The van der Waals surface area contributed by atoms with Gasteiger partial charge in [-0.1, -0.05) is 93.2 Å². The third kappa shape index (κ3) is 5.60. The van der Waals surface area contributed by atoms with Crippen LogP contribution in [-0.4, -0.2) is 26.5 Å². The van der Waals surface area contributed by atoms with Crippen LogP contribution in [0.2, 0.25) is 0 Å². The zero-order valence-electron chi connectivity index (χ0n) is 17.0. The summed E-state index contributed by atoms with van der Waals surface area (Å²) in [7, 11) is 0. The maximum absolute atomic E-state index is 12.7. The van der Waals surface area contributed by atoms with E-state index in [4.69, 9.17) is 5.84 Å². The van der Waals surface area contributed by atoms with Crippen LogP contribution >= 0.6 is 11.8 Å². The SMILES string of the molecule is CC(C)(C)c1nnc(SCC(=O)NC(Cc2ccccc2)c2ccccc2)n1N. The topological polar surface area (TPSA) is 85.8 Å². The summed E-state index contributed by atoms with van der Waals surface area (Å²) in [5.74, 6) is 6.95. The molecule has 0 spiro atoms. The van der Waals surface area contributed by atoms with Gasteiger partial charge in [0.1, 0.15) is 0 Å². The van der Waals surface area contributed by atoms with E-state index in [0.717, 1.165) is 12.0 Å². The van der Waals surface area contributed by atoms with Gasteiger partial charge >= 0.3 is 0 Å². The van der Waals surface area contributed by atoms with E-state index in [9.17, 15) is 4.79 Å². The van der Waals surface area contributed by atoms with Crippen molar-refractivity contribution < 1.29 is 4.79 Å². The standard InChI is InChI=1S/C22H27N5OS/c1-22(2,3)20-25-26-21(27(20)23)29-15-19(28)24-18(17-12-8-5-9-13-17)14-16-10-6-4-7-11-16/h4-13,18H,14-15,23H2,1-3H3,(H,24,28). The van der Waals surface area contributed by atoms with Gasteiger partial charge < -0.3 is 11.2 Å². The number of carbonyl (C=O) groups excluding carboxylic acids is 1.